The first-order valence-electron chi connectivity index (χ1n) is 8.28. The molecular weight excluding hydrogens is 344 g/mol. The topological polar surface area (TPSA) is 97.1 Å². The van der Waals surface area contributed by atoms with Gasteiger partial charge in [-0.2, -0.15) is 4.98 Å². The summed E-state index contributed by atoms with van der Waals surface area (Å²) < 4.78 is 5.11. The molecule has 0 unspecified atom stereocenters. The molecule has 27 heavy (non-hydrogen) atoms. The number of aromatic nitrogens is 2. The second-order valence-electron chi connectivity index (χ2n) is 5.72. The first-order chi connectivity index (χ1) is 13.1. The van der Waals surface area contributed by atoms with Gasteiger partial charge in [-0.3, -0.25) is 9.59 Å². The fraction of sp³-hybridized carbons (Fsp3) is 0.100. The molecule has 136 valence electrons. The van der Waals surface area contributed by atoms with Crippen LogP contribution in [0.4, 0.5) is 5.69 Å². The van der Waals surface area contributed by atoms with E-state index < -0.39 is 0 Å². The lowest BCUT2D eigenvalue weighted by molar-refractivity contribution is 0.0959. The smallest absolute Gasteiger partial charge is 0.257 e. The number of anilines is 1. The second kappa shape index (κ2) is 8.09. The molecule has 0 fully saturated rings. The second-order valence-corrected chi connectivity index (χ2v) is 5.72. The number of rotatable bonds is 6. The van der Waals surface area contributed by atoms with Gasteiger partial charge in [0.25, 0.3) is 17.7 Å². The Balaban J connectivity index is 1.76. The van der Waals surface area contributed by atoms with Crippen molar-refractivity contribution in [3.63, 3.8) is 0 Å². The molecule has 0 aliphatic carbocycles. The lowest BCUT2D eigenvalue weighted by atomic mass is 10.1. The van der Waals surface area contributed by atoms with Crippen molar-refractivity contribution in [3.8, 4) is 11.5 Å². The number of aryl methyl sites for hydroxylation is 1. The third-order valence-electron chi connectivity index (χ3n) is 3.75. The van der Waals surface area contributed by atoms with Crippen molar-refractivity contribution in [2.45, 2.75) is 6.92 Å². The quantitative estimate of drug-likeness (QED) is 0.656. The fourth-order valence-corrected chi connectivity index (χ4v) is 2.42. The lowest BCUT2D eigenvalue weighted by Crippen LogP contribution is -2.25. The summed E-state index contributed by atoms with van der Waals surface area (Å²) in [7, 11) is 0. The van der Waals surface area contributed by atoms with Crippen LogP contribution in [0.25, 0.3) is 11.5 Å². The maximum Gasteiger partial charge on any atom is 0.257 e. The molecule has 3 aromatic rings. The van der Waals surface area contributed by atoms with E-state index in [2.05, 4.69) is 27.4 Å². The average molecular weight is 362 g/mol. The molecule has 1 heterocycles. The van der Waals surface area contributed by atoms with Crippen LogP contribution >= 0.6 is 0 Å². The molecule has 0 saturated heterocycles. The van der Waals surface area contributed by atoms with Gasteiger partial charge in [-0.05, 0) is 43.3 Å². The molecule has 2 aromatic carbocycles. The van der Waals surface area contributed by atoms with Crippen molar-refractivity contribution < 1.29 is 14.1 Å². The molecule has 7 nitrogen and oxygen atoms in total. The lowest BCUT2D eigenvalue weighted by Gasteiger charge is -2.11. The number of para-hydroxylation sites is 1. The maximum atomic E-state index is 12.5. The van der Waals surface area contributed by atoms with Gasteiger partial charge in [-0.1, -0.05) is 23.4 Å². The van der Waals surface area contributed by atoms with E-state index in [1.807, 2.05) is 0 Å². The van der Waals surface area contributed by atoms with Crippen molar-refractivity contribution in [2.24, 2.45) is 0 Å². The zero-order valence-corrected chi connectivity index (χ0v) is 14.7. The molecule has 0 spiro atoms. The third-order valence-corrected chi connectivity index (χ3v) is 3.75. The van der Waals surface area contributed by atoms with E-state index in [0.29, 0.717) is 35.1 Å². The van der Waals surface area contributed by atoms with Crippen LogP contribution in [0.15, 0.2) is 65.7 Å². The van der Waals surface area contributed by atoms with Gasteiger partial charge in [-0.15, -0.1) is 6.58 Å². The molecule has 0 radical (unpaired) electrons. The summed E-state index contributed by atoms with van der Waals surface area (Å²) in [6, 6.07) is 13.6. The van der Waals surface area contributed by atoms with Crippen molar-refractivity contribution in [1.29, 1.82) is 0 Å². The Morgan fingerprint density at radius 2 is 1.85 bits per heavy atom. The van der Waals surface area contributed by atoms with Crippen LogP contribution in [0, 0.1) is 6.92 Å². The van der Waals surface area contributed by atoms with Gasteiger partial charge in [0.1, 0.15) is 0 Å². The van der Waals surface area contributed by atoms with Crippen LogP contribution in [0.3, 0.4) is 0 Å². The Kier molecular flexibility index (Phi) is 5.41. The van der Waals surface area contributed by atoms with E-state index in [-0.39, 0.29) is 11.8 Å². The monoisotopic (exact) mass is 362 g/mol. The summed E-state index contributed by atoms with van der Waals surface area (Å²) >= 11 is 0. The Morgan fingerprint density at radius 1 is 1.11 bits per heavy atom. The Morgan fingerprint density at radius 3 is 2.52 bits per heavy atom. The number of nitrogens with zero attached hydrogens (tertiary/aromatic N) is 2. The van der Waals surface area contributed by atoms with Gasteiger partial charge in [0.2, 0.25) is 0 Å². The summed E-state index contributed by atoms with van der Waals surface area (Å²) in [5.41, 5.74) is 1.97. The van der Waals surface area contributed by atoms with E-state index in [9.17, 15) is 9.59 Å². The molecule has 0 atom stereocenters. The van der Waals surface area contributed by atoms with E-state index in [0.717, 1.165) is 5.56 Å². The summed E-state index contributed by atoms with van der Waals surface area (Å²) in [5.74, 6) is 0.321. The van der Waals surface area contributed by atoms with E-state index in [1.54, 1.807) is 61.5 Å². The summed E-state index contributed by atoms with van der Waals surface area (Å²) in [4.78, 5) is 28.9. The van der Waals surface area contributed by atoms with Crippen molar-refractivity contribution in [2.75, 3.05) is 11.9 Å². The average Bonchev–Trinajstić information content (AvgIpc) is 3.13. The minimum Gasteiger partial charge on any atom is -0.349 e. The molecule has 2 amide bonds. The number of benzene rings is 2. The number of hydrogen-bond acceptors (Lipinski definition) is 5. The fourth-order valence-electron chi connectivity index (χ4n) is 2.42. The molecular formula is C20H18N4O3. The Bertz CT molecular complexity index is 977. The van der Waals surface area contributed by atoms with Crippen LogP contribution in [0.2, 0.25) is 0 Å². The van der Waals surface area contributed by atoms with Crippen LogP contribution in [-0.4, -0.2) is 28.5 Å². The van der Waals surface area contributed by atoms with E-state index >= 15 is 0 Å². The largest absolute Gasteiger partial charge is 0.349 e. The van der Waals surface area contributed by atoms with Gasteiger partial charge in [0, 0.05) is 17.7 Å². The molecule has 0 aliphatic rings. The highest BCUT2D eigenvalue weighted by atomic mass is 16.5. The van der Waals surface area contributed by atoms with Gasteiger partial charge < -0.3 is 15.2 Å². The van der Waals surface area contributed by atoms with Gasteiger partial charge in [-0.25, -0.2) is 0 Å². The van der Waals surface area contributed by atoms with Crippen LogP contribution < -0.4 is 10.6 Å². The van der Waals surface area contributed by atoms with E-state index in [1.165, 1.54) is 0 Å². The minimum atomic E-state index is -0.327. The van der Waals surface area contributed by atoms with Crippen molar-refractivity contribution in [1.82, 2.24) is 15.5 Å². The number of nitrogens with one attached hydrogen (secondary N) is 2. The highest BCUT2D eigenvalue weighted by molar-refractivity contribution is 6.09. The first-order valence-corrected chi connectivity index (χ1v) is 8.28. The van der Waals surface area contributed by atoms with Gasteiger partial charge in [0.05, 0.1) is 11.3 Å². The summed E-state index contributed by atoms with van der Waals surface area (Å²) in [6.07, 6.45) is 1.59. The molecule has 7 heteroatoms. The predicted molar refractivity (Wildman–Crippen MR) is 101 cm³/mol. The van der Waals surface area contributed by atoms with Crippen LogP contribution in [-0.2, 0) is 0 Å². The van der Waals surface area contributed by atoms with Gasteiger partial charge in [0.15, 0.2) is 5.82 Å². The summed E-state index contributed by atoms with van der Waals surface area (Å²) in [6.45, 7) is 5.65. The number of carbonyl (C=O) groups is 2. The maximum absolute atomic E-state index is 12.5. The highest BCUT2D eigenvalue weighted by Gasteiger charge is 2.14. The Hall–Kier alpha value is -3.74. The van der Waals surface area contributed by atoms with Crippen LogP contribution in [0.1, 0.15) is 26.5 Å². The SMILES string of the molecule is C=CCNC(=O)c1ccccc1NC(=O)c1ccc(-c2nc(C)no2)cc1. The number of hydrogen-bond donors (Lipinski definition) is 2. The molecule has 1 aromatic heterocycles. The van der Waals surface area contributed by atoms with Gasteiger partial charge >= 0.3 is 0 Å². The molecule has 0 aliphatic heterocycles. The summed E-state index contributed by atoms with van der Waals surface area (Å²) in [5, 5.41) is 9.21. The molecule has 0 bridgehead atoms. The van der Waals surface area contributed by atoms with E-state index in [4.69, 9.17) is 4.52 Å². The van der Waals surface area contributed by atoms with Crippen molar-refractivity contribution in [3.05, 3.63) is 78.1 Å². The zero-order valence-electron chi connectivity index (χ0n) is 14.7. The number of amides is 2. The molecule has 0 saturated carbocycles. The highest BCUT2D eigenvalue weighted by Crippen LogP contribution is 2.20. The number of carbonyl (C=O) groups excluding carboxylic acids is 2. The zero-order chi connectivity index (χ0) is 19.2. The van der Waals surface area contributed by atoms with Crippen LogP contribution in [0.5, 0.6) is 0 Å². The minimum absolute atomic E-state index is 0.284. The normalized spacial score (nSPS) is 10.3. The third kappa shape index (κ3) is 4.27. The molecule has 3 rings (SSSR count). The Labute approximate surface area is 156 Å². The first kappa shape index (κ1) is 18.1. The van der Waals surface area contributed by atoms with Crippen molar-refractivity contribution >= 4 is 17.5 Å². The molecule has 2 N–H and O–H groups in total. The predicted octanol–water partition coefficient (Wildman–Crippen LogP) is 3.21. The standard InChI is InChI=1S/C20H18N4O3/c1-3-12-21-19(26)16-6-4-5-7-17(16)23-18(25)14-8-10-15(11-9-14)20-22-13(2)24-27-20/h3-11H,1,12H2,2H3,(H,21,26)(H,23,25).